The summed E-state index contributed by atoms with van der Waals surface area (Å²) >= 11 is 0. The Bertz CT molecular complexity index is 1030. The second-order valence-electron chi connectivity index (χ2n) is 8.65. The molecule has 1 aromatic heterocycles. The van der Waals surface area contributed by atoms with Crippen LogP contribution < -0.4 is 0 Å². The predicted molar refractivity (Wildman–Crippen MR) is 118 cm³/mol. The van der Waals surface area contributed by atoms with E-state index in [9.17, 15) is 14.4 Å². The lowest BCUT2D eigenvalue weighted by molar-refractivity contribution is -0.166. The van der Waals surface area contributed by atoms with Gasteiger partial charge in [0.15, 0.2) is 12.1 Å². The van der Waals surface area contributed by atoms with E-state index in [2.05, 4.69) is 24.2 Å². The number of benzene rings is 1. The van der Waals surface area contributed by atoms with Gasteiger partial charge in [-0.05, 0) is 49.5 Å². The standard InChI is InChI=1S/C24H28N4O5/c1-16(2)11-13-32-22-10-9-20(29)21(33-22)15-27-14-17(25-26-27)6-5-12-28-23(30)18-7-3-4-8-19(18)24(28)31/h3-4,7-10,14,16,21-22H,5-6,11-13,15H2,1-2H3/t21-,22+/m1/s1. The van der Waals surface area contributed by atoms with E-state index in [1.54, 1.807) is 41.2 Å². The van der Waals surface area contributed by atoms with Crippen LogP contribution in [-0.2, 0) is 27.2 Å². The zero-order valence-corrected chi connectivity index (χ0v) is 18.8. The van der Waals surface area contributed by atoms with Crippen molar-refractivity contribution >= 4 is 17.6 Å². The Hall–Kier alpha value is -3.17. The minimum absolute atomic E-state index is 0.138. The first-order valence-electron chi connectivity index (χ1n) is 11.3. The maximum absolute atomic E-state index is 12.4. The van der Waals surface area contributed by atoms with Gasteiger partial charge in [-0.3, -0.25) is 19.3 Å². The number of amides is 2. The predicted octanol–water partition coefficient (Wildman–Crippen LogP) is 2.42. The quantitative estimate of drug-likeness (QED) is 0.510. The number of hydrogen-bond acceptors (Lipinski definition) is 7. The molecule has 0 saturated carbocycles. The van der Waals surface area contributed by atoms with Gasteiger partial charge in [0.25, 0.3) is 11.8 Å². The van der Waals surface area contributed by atoms with Crippen molar-refractivity contribution in [2.75, 3.05) is 13.2 Å². The van der Waals surface area contributed by atoms with E-state index in [4.69, 9.17) is 9.47 Å². The molecule has 1 aromatic carbocycles. The summed E-state index contributed by atoms with van der Waals surface area (Å²) in [5, 5.41) is 8.23. The number of aromatic nitrogens is 3. The average molecular weight is 453 g/mol. The van der Waals surface area contributed by atoms with E-state index >= 15 is 0 Å². The summed E-state index contributed by atoms with van der Waals surface area (Å²) in [4.78, 5) is 38.4. The molecule has 2 atom stereocenters. The van der Waals surface area contributed by atoms with Crippen LogP contribution in [0.3, 0.4) is 0 Å². The first-order valence-corrected chi connectivity index (χ1v) is 11.3. The van der Waals surface area contributed by atoms with Gasteiger partial charge in [-0.25, -0.2) is 4.68 Å². The fraction of sp³-hybridized carbons (Fsp3) is 0.458. The highest BCUT2D eigenvalue weighted by atomic mass is 16.7. The summed E-state index contributed by atoms with van der Waals surface area (Å²) in [5.74, 6) is -0.127. The summed E-state index contributed by atoms with van der Waals surface area (Å²) in [6.45, 7) is 5.35. The molecule has 9 nitrogen and oxygen atoms in total. The Morgan fingerprint density at radius 3 is 2.55 bits per heavy atom. The summed E-state index contributed by atoms with van der Waals surface area (Å²) in [6, 6.07) is 6.85. The van der Waals surface area contributed by atoms with Crippen molar-refractivity contribution in [3.05, 3.63) is 59.4 Å². The van der Waals surface area contributed by atoms with E-state index in [-0.39, 0.29) is 24.1 Å². The molecule has 0 N–H and O–H groups in total. The lowest BCUT2D eigenvalue weighted by Gasteiger charge is -2.25. The zero-order valence-electron chi connectivity index (χ0n) is 18.8. The van der Waals surface area contributed by atoms with Crippen LogP contribution in [0.1, 0.15) is 53.1 Å². The number of ketones is 1. The number of carbonyl (C=O) groups excluding carboxylic acids is 3. The van der Waals surface area contributed by atoms with Gasteiger partial charge in [0.2, 0.25) is 0 Å². The number of carbonyl (C=O) groups is 3. The van der Waals surface area contributed by atoms with Crippen molar-refractivity contribution in [1.82, 2.24) is 19.9 Å². The van der Waals surface area contributed by atoms with E-state index in [1.165, 1.54) is 11.0 Å². The normalized spacial score (nSPS) is 20.2. The van der Waals surface area contributed by atoms with Crippen molar-refractivity contribution in [2.24, 2.45) is 5.92 Å². The van der Waals surface area contributed by atoms with Crippen molar-refractivity contribution in [3.8, 4) is 0 Å². The highest BCUT2D eigenvalue weighted by Crippen LogP contribution is 2.22. The number of imide groups is 1. The molecule has 0 aliphatic carbocycles. The molecule has 33 heavy (non-hydrogen) atoms. The molecular formula is C24H28N4O5. The molecule has 0 spiro atoms. The Labute approximate surface area is 192 Å². The van der Waals surface area contributed by atoms with Gasteiger partial charge in [-0.15, -0.1) is 5.10 Å². The van der Waals surface area contributed by atoms with Gasteiger partial charge >= 0.3 is 0 Å². The zero-order chi connectivity index (χ0) is 23.4. The Morgan fingerprint density at radius 1 is 1.12 bits per heavy atom. The molecule has 0 radical (unpaired) electrons. The molecule has 2 amide bonds. The van der Waals surface area contributed by atoms with Crippen LogP contribution in [0, 0.1) is 5.92 Å². The molecule has 2 aliphatic heterocycles. The third-order valence-electron chi connectivity index (χ3n) is 5.64. The summed E-state index contributed by atoms with van der Waals surface area (Å²) in [7, 11) is 0. The largest absolute Gasteiger partial charge is 0.349 e. The van der Waals surface area contributed by atoms with Gasteiger partial charge in [0.1, 0.15) is 6.10 Å². The summed E-state index contributed by atoms with van der Waals surface area (Å²) in [6.07, 6.45) is 5.68. The first-order chi connectivity index (χ1) is 15.9. The van der Waals surface area contributed by atoms with E-state index < -0.39 is 12.4 Å². The Balaban J connectivity index is 1.26. The molecule has 3 heterocycles. The topological polar surface area (TPSA) is 104 Å². The first kappa shape index (κ1) is 23.0. The lowest BCUT2D eigenvalue weighted by atomic mass is 10.1. The molecule has 2 aliphatic rings. The van der Waals surface area contributed by atoms with Crippen molar-refractivity contribution in [3.63, 3.8) is 0 Å². The van der Waals surface area contributed by atoms with Crippen molar-refractivity contribution in [1.29, 1.82) is 0 Å². The summed E-state index contributed by atoms with van der Waals surface area (Å²) < 4.78 is 13.0. The van der Waals surface area contributed by atoms with Crippen LogP contribution in [0.25, 0.3) is 0 Å². The fourth-order valence-corrected chi connectivity index (χ4v) is 3.78. The third kappa shape index (κ3) is 5.43. The third-order valence-corrected chi connectivity index (χ3v) is 5.64. The van der Waals surface area contributed by atoms with Crippen LogP contribution in [0.15, 0.2) is 42.6 Å². The van der Waals surface area contributed by atoms with Crippen LogP contribution in [0.4, 0.5) is 0 Å². The molecule has 0 fully saturated rings. The minimum Gasteiger partial charge on any atom is -0.349 e. The highest BCUT2D eigenvalue weighted by molar-refractivity contribution is 6.21. The Morgan fingerprint density at radius 2 is 1.85 bits per heavy atom. The smallest absolute Gasteiger partial charge is 0.261 e. The van der Waals surface area contributed by atoms with Crippen LogP contribution in [0.2, 0.25) is 0 Å². The highest BCUT2D eigenvalue weighted by Gasteiger charge is 2.34. The molecule has 9 heteroatoms. The minimum atomic E-state index is -0.688. The number of aryl methyl sites for hydroxylation is 1. The maximum atomic E-state index is 12.4. The van der Waals surface area contributed by atoms with Gasteiger partial charge in [-0.2, -0.15) is 0 Å². The second kappa shape index (κ2) is 10.2. The average Bonchev–Trinajstić information content (AvgIpc) is 3.34. The number of fused-ring (bicyclic) bond motifs is 1. The van der Waals surface area contributed by atoms with E-state index in [0.717, 1.165) is 12.1 Å². The monoisotopic (exact) mass is 452 g/mol. The molecule has 4 rings (SSSR count). The lowest BCUT2D eigenvalue weighted by Crippen LogP contribution is -2.36. The van der Waals surface area contributed by atoms with E-state index in [0.29, 0.717) is 43.0 Å². The van der Waals surface area contributed by atoms with Crippen molar-refractivity contribution < 1.29 is 23.9 Å². The Kier molecular flexibility index (Phi) is 7.10. The number of nitrogens with zero attached hydrogens (tertiary/aromatic N) is 4. The van der Waals surface area contributed by atoms with Gasteiger partial charge < -0.3 is 9.47 Å². The van der Waals surface area contributed by atoms with Crippen molar-refractivity contribution in [2.45, 2.75) is 52.0 Å². The maximum Gasteiger partial charge on any atom is 0.261 e. The molecular weight excluding hydrogens is 424 g/mol. The van der Waals surface area contributed by atoms with Crippen LogP contribution in [-0.4, -0.2) is 63.0 Å². The number of ether oxygens (including phenoxy) is 2. The second-order valence-corrected chi connectivity index (χ2v) is 8.65. The SMILES string of the molecule is CC(C)CCO[C@@H]1C=CC(=O)[C@@H](Cn2cc(CCCN3C(=O)c4ccccc4C3=O)nn2)O1. The van der Waals surface area contributed by atoms with Gasteiger partial charge in [-0.1, -0.05) is 31.2 Å². The number of rotatable bonds is 10. The van der Waals surface area contributed by atoms with Gasteiger partial charge in [0, 0.05) is 12.7 Å². The van der Waals surface area contributed by atoms with Gasteiger partial charge in [0.05, 0.1) is 30.0 Å². The molecule has 174 valence electrons. The van der Waals surface area contributed by atoms with E-state index in [1.807, 2.05) is 0 Å². The summed E-state index contributed by atoms with van der Waals surface area (Å²) in [5.41, 5.74) is 1.62. The van der Waals surface area contributed by atoms with Crippen LogP contribution in [0.5, 0.6) is 0 Å². The number of hydrogen-bond donors (Lipinski definition) is 0. The fourth-order valence-electron chi connectivity index (χ4n) is 3.78. The molecule has 0 bridgehead atoms. The molecule has 2 aromatic rings. The van der Waals surface area contributed by atoms with Crippen LogP contribution >= 0.6 is 0 Å². The molecule has 0 saturated heterocycles. The molecule has 0 unspecified atom stereocenters.